The third-order valence-corrected chi connectivity index (χ3v) is 1.49. The van der Waals surface area contributed by atoms with Crippen LogP contribution in [0.15, 0.2) is 0 Å². The van der Waals surface area contributed by atoms with Crippen LogP contribution < -0.4 is 11.1 Å². The van der Waals surface area contributed by atoms with Crippen molar-refractivity contribution in [3.63, 3.8) is 0 Å². The van der Waals surface area contributed by atoms with Crippen molar-refractivity contribution in [3.8, 4) is 0 Å². The van der Waals surface area contributed by atoms with Crippen LogP contribution in [-0.4, -0.2) is 25.3 Å². The highest BCUT2D eigenvalue weighted by Crippen LogP contribution is 2.10. The summed E-state index contributed by atoms with van der Waals surface area (Å²) in [5.41, 5.74) is 5.19. The first-order valence-electron chi connectivity index (χ1n) is 2.92. The molecule has 3 heteroatoms. The summed E-state index contributed by atoms with van der Waals surface area (Å²) in [4.78, 5) is 0. The Morgan fingerprint density at radius 1 is 1.75 bits per heavy atom. The number of hydrogen-bond acceptors (Lipinski definition) is 2. The van der Waals surface area contributed by atoms with Crippen LogP contribution >= 0.6 is 0 Å². The minimum absolute atomic E-state index is 0.0556. The molecule has 8 heavy (non-hydrogen) atoms. The topological polar surface area (TPSA) is 38.0 Å². The number of alkyl halides is 1. The summed E-state index contributed by atoms with van der Waals surface area (Å²) in [7, 11) is 0. The van der Waals surface area contributed by atoms with Gasteiger partial charge < -0.3 is 11.1 Å². The molecule has 2 atom stereocenters. The second-order valence-corrected chi connectivity index (χ2v) is 2.11. The SMILES string of the molecule is NCCC1NCC1F. The molecule has 0 aromatic heterocycles. The maximum Gasteiger partial charge on any atom is 0.128 e. The molecule has 0 amide bonds. The molecule has 0 aromatic rings. The van der Waals surface area contributed by atoms with E-state index in [9.17, 15) is 4.39 Å². The first-order chi connectivity index (χ1) is 3.84. The van der Waals surface area contributed by atoms with Crippen molar-refractivity contribution in [2.45, 2.75) is 18.6 Å². The van der Waals surface area contributed by atoms with E-state index in [2.05, 4.69) is 5.32 Å². The van der Waals surface area contributed by atoms with E-state index < -0.39 is 6.17 Å². The minimum atomic E-state index is -0.640. The first-order valence-corrected chi connectivity index (χ1v) is 2.92. The summed E-state index contributed by atoms with van der Waals surface area (Å²) >= 11 is 0. The van der Waals surface area contributed by atoms with Gasteiger partial charge in [-0.25, -0.2) is 4.39 Å². The molecule has 2 nitrogen and oxygen atoms in total. The van der Waals surface area contributed by atoms with E-state index >= 15 is 0 Å². The molecule has 1 aliphatic rings. The monoisotopic (exact) mass is 118 g/mol. The largest absolute Gasteiger partial charge is 0.330 e. The Morgan fingerprint density at radius 2 is 2.50 bits per heavy atom. The van der Waals surface area contributed by atoms with Crippen molar-refractivity contribution in [1.82, 2.24) is 5.32 Å². The van der Waals surface area contributed by atoms with Gasteiger partial charge in [-0.05, 0) is 13.0 Å². The summed E-state index contributed by atoms with van der Waals surface area (Å²) in [6.45, 7) is 1.10. The molecule has 0 radical (unpaired) electrons. The van der Waals surface area contributed by atoms with Gasteiger partial charge in [0.05, 0.1) is 0 Å². The Labute approximate surface area is 48.2 Å². The average molecular weight is 118 g/mol. The van der Waals surface area contributed by atoms with Crippen LogP contribution in [0, 0.1) is 0 Å². The van der Waals surface area contributed by atoms with Gasteiger partial charge in [-0.2, -0.15) is 0 Å². The van der Waals surface area contributed by atoms with Gasteiger partial charge in [0.25, 0.3) is 0 Å². The normalized spacial score (nSPS) is 36.8. The van der Waals surface area contributed by atoms with E-state index in [0.29, 0.717) is 13.1 Å². The van der Waals surface area contributed by atoms with E-state index in [-0.39, 0.29) is 6.04 Å². The zero-order valence-electron chi connectivity index (χ0n) is 4.73. The zero-order chi connectivity index (χ0) is 5.98. The highest BCUT2D eigenvalue weighted by molar-refractivity contribution is 4.87. The maximum absolute atomic E-state index is 12.3. The summed E-state index contributed by atoms with van der Waals surface area (Å²) in [6, 6.07) is 0.0556. The lowest BCUT2D eigenvalue weighted by Crippen LogP contribution is -2.55. The van der Waals surface area contributed by atoms with Gasteiger partial charge >= 0.3 is 0 Å². The molecule has 1 fully saturated rings. The summed E-state index contributed by atoms with van der Waals surface area (Å²) in [5, 5.41) is 2.94. The molecule has 48 valence electrons. The van der Waals surface area contributed by atoms with Gasteiger partial charge in [0.15, 0.2) is 0 Å². The molecule has 2 unspecified atom stereocenters. The Kier molecular flexibility index (Phi) is 1.81. The van der Waals surface area contributed by atoms with Crippen molar-refractivity contribution in [2.75, 3.05) is 13.1 Å². The molecule has 1 aliphatic heterocycles. The molecular weight excluding hydrogens is 107 g/mol. The zero-order valence-corrected chi connectivity index (χ0v) is 4.73. The van der Waals surface area contributed by atoms with Crippen molar-refractivity contribution in [1.29, 1.82) is 0 Å². The smallest absolute Gasteiger partial charge is 0.128 e. The highest BCUT2D eigenvalue weighted by Gasteiger charge is 2.28. The Morgan fingerprint density at radius 3 is 2.62 bits per heavy atom. The van der Waals surface area contributed by atoms with Crippen molar-refractivity contribution < 1.29 is 4.39 Å². The lowest BCUT2D eigenvalue weighted by atomic mass is 10.0. The average Bonchev–Trinajstić information content (AvgIpc) is 1.79. The van der Waals surface area contributed by atoms with Crippen LogP contribution in [0.4, 0.5) is 4.39 Å². The van der Waals surface area contributed by atoms with Gasteiger partial charge in [-0.3, -0.25) is 0 Å². The fourth-order valence-electron chi connectivity index (χ4n) is 0.836. The van der Waals surface area contributed by atoms with Crippen molar-refractivity contribution in [3.05, 3.63) is 0 Å². The summed E-state index contributed by atoms with van der Waals surface area (Å²) in [5.74, 6) is 0. The van der Waals surface area contributed by atoms with E-state index in [1.54, 1.807) is 0 Å². The van der Waals surface area contributed by atoms with Crippen LogP contribution in [0.5, 0.6) is 0 Å². The number of nitrogens with one attached hydrogen (secondary N) is 1. The van der Waals surface area contributed by atoms with E-state index in [4.69, 9.17) is 5.73 Å². The molecule has 1 saturated heterocycles. The lowest BCUT2D eigenvalue weighted by molar-refractivity contribution is 0.152. The Balaban J connectivity index is 2.08. The maximum atomic E-state index is 12.3. The van der Waals surface area contributed by atoms with E-state index in [1.807, 2.05) is 0 Å². The molecule has 1 rings (SSSR count). The number of rotatable bonds is 2. The van der Waals surface area contributed by atoms with E-state index in [1.165, 1.54) is 0 Å². The molecular formula is C5H11FN2. The number of nitrogens with two attached hydrogens (primary N) is 1. The van der Waals surface area contributed by atoms with Gasteiger partial charge in [0.2, 0.25) is 0 Å². The minimum Gasteiger partial charge on any atom is -0.330 e. The van der Waals surface area contributed by atoms with Gasteiger partial charge in [-0.1, -0.05) is 0 Å². The highest BCUT2D eigenvalue weighted by atomic mass is 19.1. The molecule has 3 N–H and O–H groups in total. The van der Waals surface area contributed by atoms with Crippen LogP contribution in [0.25, 0.3) is 0 Å². The standard InChI is InChI=1S/C5H11FN2/c6-4-3-8-5(4)1-2-7/h4-5,8H,1-3,7H2. The molecule has 0 bridgehead atoms. The first kappa shape index (κ1) is 5.98. The van der Waals surface area contributed by atoms with Crippen molar-refractivity contribution in [2.24, 2.45) is 5.73 Å². The quantitative estimate of drug-likeness (QED) is 0.520. The van der Waals surface area contributed by atoms with Crippen LogP contribution in [0.3, 0.4) is 0 Å². The van der Waals surface area contributed by atoms with Crippen molar-refractivity contribution >= 4 is 0 Å². The van der Waals surface area contributed by atoms with Gasteiger partial charge in [-0.15, -0.1) is 0 Å². The third kappa shape index (κ3) is 0.980. The second kappa shape index (κ2) is 2.42. The number of halogens is 1. The molecule has 0 aromatic carbocycles. The van der Waals surface area contributed by atoms with Gasteiger partial charge in [0, 0.05) is 12.6 Å². The fraction of sp³-hybridized carbons (Fsp3) is 1.00. The Hall–Kier alpha value is -0.150. The third-order valence-electron chi connectivity index (χ3n) is 1.49. The molecule has 1 heterocycles. The van der Waals surface area contributed by atoms with E-state index in [0.717, 1.165) is 6.42 Å². The molecule has 0 aliphatic carbocycles. The Bertz CT molecular complexity index is 76.8. The predicted molar refractivity (Wildman–Crippen MR) is 30.4 cm³/mol. The van der Waals surface area contributed by atoms with Crippen LogP contribution in [0.2, 0.25) is 0 Å². The van der Waals surface area contributed by atoms with Crippen LogP contribution in [-0.2, 0) is 0 Å². The second-order valence-electron chi connectivity index (χ2n) is 2.11. The lowest BCUT2D eigenvalue weighted by Gasteiger charge is -2.31. The molecule has 0 saturated carbocycles. The molecule has 0 spiro atoms. The number of hydrogen-bond donors (Lipinski definition) is 2. The van der Waals surface area contributed by atoms with Gasteiger partial charge in [0.1, 0.15) is 6.17 Å². The summed E-state index contributed by atoms with van der Waals surface area (Å²) in [6.07, 6.45) is 0.125. The fourth-order valence-corrected chi connectivity index (χ4v) is 0.836. The summed E-state index contributed by atoms with van der Waals surface area (Å²) < 4.78 is 12.3. The van der Waals surface area contributed by atoms with Crippen LogP contribution in [0.1, 0.15) is 6.42 Å². The predicted octanol–water partition coefficient (Wildman–Crippen LogP) is -0.355.